The Morgan fingerprint density at radius 1 is 1.42 bits per heavy atom. The highest BCUT2D eigenvalue weighted by molar-refractivity contribution is 6.32. The van der Waals surface area contributed by atoms with E-state index >= 15 is 0 Å². The summed E-state index contributed by atoms with van der Waals surface area (Å²) in [5.74, 6) is 0.0487. The van der Waals surface area contributed by atoms with Crippen LogP contribution < -0.4 is 0 Å². The van der Waals surface area contributed by atoms with Crippen molar-refractivity contribution < 1.29 is 5.11 Å². The van der Waals surface area contributed by atoms with Crippen molar-refractivity contribution >= 4 is 23.5 Å². The van der Waals surface area contributed by atoms with Crippen LogP contribution in [0, 0.1) is 0 Å². The number of aliphatic imine (C=N–C) groups is 1. The van der Waals surface area contributed by atoms with Crippen LogP contribution in [0.1, 0.15) is 26.2 Å². The fourth-order valence-corrected chi connectivity index (χ4v) is 2.05. The third kappa shape index (κ3) is 3.89. The molecule has 1 N–H and O–H groups in total. The van der Waals surface area contributed by atoms with E-state index in [1.165, 1.54) is 6.07 Å². The molecule has 1 aromatic rings. The summed E-state index contributed by atoms with van der Waals surface area (Å²) in [6.45, 7) is 2.15. The van der Waals surface area contributed by atoms with E-state index in [9.17, 15) is 5.11 Å². The van der Waals surface area contributed by atoms with Gasteiger partial charge in [0.15, 0.2) is 0 Å². The van der Waals surface area contributed by atoms with Gasteiger partial charge in [-0.3, -0.25) is 4.99 Å². The van der Waals surface area contributed by atoms with Crippen molar-refractivity contribution in [3.63, 3.8) is 0 Å². The lowest BCUT2D eigenvalue weighted by atomic mass is 10.1. The van der Waals surface area contributed by atoms with Gasteiger partial charge in [0.05, 0.1) is 22.4 Å². The molecular formula is C14H16ClN3O. The van der Waals surface area contributed by atoms with Gasteiger partial charge in [-0.05, 0) is 30.7 Å². The average Bonchev–Trinajstić information content (AvgIpc) is 2.41. The number of halogens is 1. The van der Waals surface area contributed by atoms with E-state index in [1.54, 1.807) is 18.3 Å². The molecule has 19 heavy (non-hydrogen) atoms. The zero-order valence-electron chi connectivity index (χ0n) is 10.8. The fraction of sp³-hybridized carbons (Fsp3) is 0.357. The Morgan fingerprint density at radius 2 is 2.26 bits per heavy atom. The van der Waals surface area contributed by atoms with Crippen molar-refractivity contribution in [3.05, 3.63) is 35.0 Å². The summed E-state index contributed by atoms with van der Waals surface area (Å²) in [6.07, 6.45) is 6.66. The van der Waals surface area contributed by atoms with Crippen LogP contribution >= 0.6 is 11.6 Å². The molecule has 0 saturated heterocycles. The molecule has 1 aromatic carbocycles. The fourth-order valence-electron chi connectivity index (χ4n) is 1.88. The summed E-state index contributed by atoms with van der Waals surface area (Å²) in [5.41, 5.74) is 1.54. The van der Waals surface area contributed by atoms with Crippen LogP contribution in [0.4, 0.5) is 5.69 Å². The highest BCUT2D eigenvalue weighted by Gasteiger charge is 2.11. The van der Waals surface area contributed by atoms with Crippen LogP contribution in [-0.4, -0.2) is 17.4 Å². The Labute approximate surface area is 117 Å². The van der Waals surface area contributed by atoms with E-state index < -0.39 is 0 Å². The summed E-state index contributed by atoms with van der Waals surface area (Å²) < 4.78 is 0. The maximum absolute atomic E-state index is 9.32. The van der Waals surface area contributed by atoms with Crippen LogP contribution in [0.3, 0.4) is 0 Å². The molecule has 100 valence electrons. The second-order valence-corrected chi connectivity index (χ2v) is 4.85. The van der Waals surface area contributed by atoms with E-state index in [4.69, 9.17) is 11.6 Å². The average molecular weight is 278 g/mol. The molecule has 1 heterocycles. The molecule has 4 nitrogen and oxygen atoms in total. The highest BCUT2D eigenvalue weighted by Crippen LogP contribution is 2.28. The first-order chi connectivity index (χ1) is 9.19. The quantitative estimate of drug-likeness (QED) is 0.800. The summed E-state index contributed by atoms with van der Waals surface area (Å²) >= 11 is 5.81. The number of dihydropyridines is 1. The Kier molecular flexibility index (Phi) is 4.68. The standard InChI is InChI=1S/C14H16ClN3O/c1-2-3-10-8-12(6-7-16-10)18-17-11-4-5-14(19)13(15)9-11/h4-7,9-10,19H,2-3,8H2,1H3/b18-17+. The lowest BCUT2D eigenvalue weighted by molar-refractivity contribution is 0.475. The minimum Gasteiger partial charge on any atom is -0.506 e. The molecule has 0 amide bonds. The van der Waals surface area contributed by atoms with Crippen LogP contribution in [0.5, 0.6) is 5.75 Å². The molecule has 0 bridgehead atoms. The lowest BCUT2D eigenvalue weighted by Crippen LogP contribution is -2.08. The van der Waals surface area contributed by atoms with Gasteiger partial charge in [-0.1, -0.05) is 24.9 Å². The number of azo groups is 1. The van der Waals surface area contributed by atoms with Crippen molar-refractivity contribution in [2.24, 2.45) is 15.2 Å². The third-order valence-corrected chi connectivity index (χ3v) is 3.16. The molecule has 0 aliphatic carbocycles. The van der Waals surface area contributed by atoms with E-state index in [0.29, 0.717) is 11.7 Å². The topological polar surface area (TPSA) is 57.3 Å². The minimum atomic E-state index is 0.0487. The first-order valence-corrected chi connectivity index (χ1v) is 6.69. The van der Waals surface area contributed by atoms with Gasteiger partial charge in [0.25, 0.3) is 0 Å². The molecule has 0 fully saturated rings. The Hall–Kier alpha value is -1.68. The van der Waals surface area contributed by atoms with Crippen LogP contribution in [0.15, 0.2) is 45.2 Å². The maximum Gasteiger partial charge on any atom is 0.134 e. The molecule has 1 aliphatic heterocycles. The molecule has 0 spiro atoms. The number of allylic oxidation sites excluding steroid dienone is 1. The maximum atomic E-state index is 9.32. The van der Waals surface area contributed by atoms with Crippen molar-refractivity contribution in [1.82, 2.24) is 0 Å². The van der Waals surface area contributed by atoms with Crippen LogP contribution in [0.2, 0.25) is 5.02 Å². The van der Waals surface area contributed by atoms with Gasteiger partial charge in [0.2, 0.25) is 0 Å². The minimum absolute atomic E-state index is 0.0487. The number of phenolic OH excluding ortho intramolecular Hbond substituents is 1. The number of phenols is 1. The Bertz CT molecular complexity index is 537. The summed E-state index contributed by atoms with van der Waals surface area (Å²) in [4.78, 5) is 4.39. The zero-order chi connectivity index (χ0) is 13.7. The SMILES string of the molecule is CCCC1CC(/N=N/c2ccc(O)c(Cl)c2)=CC=N1. The number of aromatic hydroxyl groups is 1. The number of nitrogens with zero attached hydrogens (tertiary/aromatic N) is 3. The van der Waals surface area contributed by atoms with Gasteiger partial charge in [-0.2, -0.15) is 10.2 Å². The molecule has 1 atom stereocenters. The third-order valence-electron chi connectivity index (χ3n) is 2.86. The van der Waals surface area contributed by atoms with E-state index in [-0.39, 0.29) is 10.8 Å². The Morgan fingerprint density at radius 3 is 3.00 bits per heavy atom. The predicted molar refractivity (Wildman–Crippen MR) is 77.5 cm³/mol. The highest BCUT2D eigenvalue weighted by atomic mass is 35.5. The normalized spacial score (nSPS) is 18.8. The zero-order valence-corrected chi connectivity index (χ0v) is 11.5. The van der Waals surface area contributed by atoms with E-state index in [0.717, 1.165) is 25.0 Å². The first-order valence-electron chi connectivity index (χ1n) is 6.31. The number of hydrogen-bond acceptors (Lipinski definition) is 4. The molecular weight excluding hydrogens is 262 g/mol. The molecule has 2 rings (SSSR count). The van der Waals surface area contributed by atoms with Gasteiger partial charge >= 0.3 is 0 Å². The number of rotatable bonds is 4. The van der Waals surface area contributed by atoms with Gasteiger partial charge in [0.1, 0.15) is 5.75 Å². The molecule has 0 radical (unpaired) electrons. The van der Waals surface area contributed by atoms with Crippen molar-refractivity contribution in [2.45, 2.75) is 32.2 Å². The molecule has 0 saturated carbocycles. The summed E-state index contributed by atoms with van der Waals surface area (Å²) in [5, 5.41) is 17.9. The first kappa shape index (κ1) is 13.7. The van der Waals surface area contributed by atoms with Crippen molar-refractivity contribution in [1.29, 1.82) is 0 Å². The molecule has 1 aliphatic rings. The van der Waals surface area contributed by atoms with Crippen LogP contribution in [0.25, 0.3) is 0 Å². The summed E-state index contributed by atoms with van der Waals surface area (Å²) in [6, 6.07) is 5.08. The second kappa shape index (κ2) is 6.48. The summed E-state index contributed by atoms with van der Waals surface area (Å²) in [7, 11) is 0. The van der Waals surface area contributed by atoms with Gasteiger partial charge < -0.3 is 5.11 Å². The number of hydrogen-bond donors (Lipinski definition) is 1. The van der Waals surface area contributed by atoms with E-state index in [2.05, 4.69) is 22.1 Å². The molecule has 1 unspecified atom stereocenters. The lowest BCUT2D eigenvalue weighted by Gasteiger charge is -2.13. The van der Waals surface area contributed by atoms with Crippen molar-refractivity contribution in [3.8, 4) is 5.75 Å². The van der Waals surface area contributed by atoms with Crippen LogP contribution in [-0.2, 0) is 0 Å². The second-order valence-electron chi connectivity index (χ2n) is 4.44. The monoisotopic (exact) mass is 277 g/mol. The van der Waals surface area contributed by atoms with Gasteiger partial charge in [0, 0.05) is 12.6 Å². The van der Waals surface area contributed by atoms with Gasteiger partial charge in [-0.25, -0.2) is 0 Å². The smallest absolute Gasteiger partial charge is 0.134 e. The number of benzene rings is 1. The van der Waals surface area contributed by atoms with Gasteiger partial charge in [-0.15, -0.1) is 0 Å². The Balaban J connectivity index is 2.04. The largest absolute Gasteiger partial charge is 0.506 e. The predicted octanol–water partition coefficient (Wildman–Crippen LogP) is 4.66. The van der Waals surface area contributed by atoms with Crippen molar-refractivity contribution in [2.75, 3.05) is 0 Å². The molecule has 5 heteroatoms. The molecule has 0 aromatic heterocycles. The van der Waals surface area contributed by atoms with E-state index in [1.807, 2.05) is 6.08 Å².